The van der Waals surface area contributed by atoms with E-state index < -0.39 is 23.8 Å². The second-order valence-corrected chi connectivity index (χ2v) is 6.71. The van der Waals surface area contributed by atoms with Gasteiger partial charge in [0.1, 0.15) is 12.5 Å². The zero-order valence-corrected chi connectivity index (χ0v) is 18.2. The average Bonchev–Trinajstić information content (AvgIpc) is 2.50. The summed E-state index contributed by atoms with van der Waals surface area (Å²) in [6, 6.07) is 0. The smallest absolute Gasteiger partial charge is 0.550 e. The molecule has 6 nitrogen and oxygen atoms in total. The Bertz CT molecular complexity index is 392. The number of aliphatic carboxylic acids is 2. The number of unbranched alkanes of at least 4 members (excludes halogenated alkanes) is 2. The van der Waals surface area contributed by atoms with Gasteiger partial charge in [0.05, 0.1) is 26.2 Å². The first kappa shape index (κ1) is 26.8. The second-order valence-electron chi connectivity index (χ2n) is 6.71. The van der Waals surface area contributed by atoms with Crippen molar-refractivity contribution in [2.24, 2.45) is 11.8 Å². The van der Waals surface area contributed by atoms with Gasteiger partial charge in [-0.05, 0) is 32.6 Å². The molecule has 0 radical (unpaired) electrons. The topological polar surface area (TPSA) is 97.7 Å². The molecular weight excluding hydrogens is 333 g/mol. The van der Waals surface area contributed by atoms with Crippen LogP contribution in [-0.4, -0.2) is 59.4 Å². The summed E-state index contributed by atoms with van der Waals surface area (Å²) in [6.07, 6.45) is 8.02. The fourth-order valence-electron chi connectivity index (χ4n) is 3.07. The Hall–Kier alpha value is -0.400. The van der Waals surface area contributed by atoms with E-state index in [4.69, 9.17) is 0 Å². The quantitative estimate of drug-likeness (QED) is 0.161. The molecule has 0 aromatic heterocycles. The van der Waals surface area contributed by atoms with Gasteiger partial charge in [-0.1, -0.05) is 26.0 Å². The van der Waals surface area contributed by atoms with E-state index in [-0.39, 0.29) is 42.7 Å². The maximum absolute atomic E-state index is 11.2. The molecule has 0 aromatic carbocycles. The molecule has 3 atom stereocenters. The minimum Gasteiger partial charge on any atom is -0.550 e. The van der Waals surface area contributed by atoms with Crippen molar-refractivity contribution in [3.05, 3.63) is 12.2 Å². The molecule has 0 saturated heterocycles. The molecule has 3 unspecified atom stereocenters. The predicted molar refractivity (Wildman–Crippen MR) is 91.1 cm³/mol. The summed E-state index contributed by atoms with van der Waals surface area (Å²) in [4.78, 5) is 22.4. The first-order valence-electron chi connectivity index (χ1n) is 8.82. The summed E-state index contributed by atoms with van der Waals surface area (Å²) < 4.78 is 0.302. The molecular formula is C18H33NNaO5+. The Labute approximate surface area is 173 Å². The van der Waals surface area contributed by atoms with Crippen molar-refractivity contribution < 1.29 is 58.9 Å². The van der Waals surface area contributed by atoms with Crippen LogP contribution in [0.15, 0.2) is 12.2 Å². The molecule has 0 rings (SSSR count). The molecule has 0 aromatic rings. The third kappa shape index (κ3) is 11.8. The van der Waals surface area contributed by atoms with Crippen molar-refractivity contribution in [2.45, 2.75) is 46.5 Å². The van der Waals surface area contributed by atoms with Crippen LogP contribution in [0.5, 0.6) is 0 Å². The number of rotatable bonds is 14. The van der Waals surface area contributed by atoms with Crippen molar-refractivity contribution >= 4 is 11.9 Å². The normalized spacial score (nSPS) is 16.0. The Morgan fingerprint density at radius 3 is 2.16 bits per heavy atom. The van der Waals surface area contributed by atoms with Gasteiger partial charge in [0, 0.05) is 11.9 Å². The van der Waals surface area contributed by atoms with Gasteiger partial charge in [-0.3, -0.25) is 4.79 Å². The Balaban J connectivity index is 0. The van der Waals surface area contributed by atoms with E-state index in [0.717, 1.165) is 25.7 Å². The van der Waals surface area contributed by atoms with Crippen LogP contribution < -0.4 is 34.7 Å². The minimum atomic E-state index is -1.13. The third-order valence-corrected chi connectivity index (χ3v) is 4.38. The third-order valence-electron chi connectivity index (χ3n) is 4.38. The van der Waals surface area contributed by atoms with Crippen molar-refractivity contribution in [3.63, 3.8) is 0 Å². The number of aliphatic hydroxyl groups excluding tert-OH is 1. The van der Waals surface area contributed by atoms with Gasteiger partial charge in [0.25, 0.3) is 0 Å². The minimum absolute atomic E-state index is 0. The zero-order valence-electron chi connectivity index (χ0n) is 16.2. The van der Waals surface area contributed by atoms with Crippen LogP contribution >= 0.6 is 0 Å². The summed E-state index contributed by atoms with van der Waals surface area (Å²) >= 11 is 0. The second kappa shape index (κ2) is 14.7. The van der Waals surface area contributed by atoms with Crippen LogP contribution in [0.2, 0.25) is 0 Å². The zero-order chi connectivity index (χ0) is 18.6. The van der Waals surface area contributed by atoms with E-state index in [1.54, 1.807) is 13.8 Å². The van der Waals surface area contributed by atoms with Crippen molar-refractivity contribution in [3.8, 4) is 0 Å². The van der Waals surface area contributed by atoms with Crippen LogP contribution in [-0.2, 0) is 9.59 Å². The number of carboxylic acids is 2. The van der Waals surface area contributed by atoms with Gasteiger partial charge in [-0.2, -0.15) is 0 Å². The van der Waals surface area contributed by atoms with E-state index in [1.807, 2.05) is 0 Å². The number of aliphatic hydroxyl groups is 1. The van der Waals surface area contributed by atoms with Crippen LogP contribution in [0, 0.1) is 11.8 Å². The van der Waals surface area contributed by atoms with Gasteiger partial charge < -0.3 is 24.6 Å². The molecule has 0 aliphatic heterocycles. The molecule has 0 bridgehead atoms. The fourth-order valence-corrected chi connectivity index (χ4v) is 3.07. The maximum Gasteiger partial charge on any atom is 1.00 e. The Morgan fingerprint density at radius 1 is 1.08 bits per heavy atom. The number of allylic oxidation sites excluding steroid dienone is 2. The van der Waals surface area contributed by atoms with Crippen LogP contribution in [0.3, 0.4) is 0 Å². The molecule has 0 heterocycles. The van der Waals surface area contributed by atoms with E-state index in [0.29, 0.717) is 24.1 Å². The monoisotopic (exact) mass is 366 g/mol. The van der Waals surface area contributed by atoms with Gasteiger partial charge in [0.2, 0.25) is 0 Å². The first-order chi connectivity index (χ1) is 11.3. The van der Waals surface area contributed by atoms with Crippen LogP contribution in [0.1, 0.15) is 46.5 Å². The maximum atomic E-state index is 11.2. The number of carbonyl (C=O) groups excluding carboxylic acids is 1. The fraction of sp³-hybridized carbons (Fsp3) is 0.778. The SMILES string of the molecule is CC/C=C/CCCC[N+](CCO)(CC(C)C(=O)[O-])CC(C)C(=O)O.[Na+]. The van der Waals surface area contributed by atoms with Crippen molar-refractivity contribution in [1.82, 2.24) is 0 Å². The van der Waals surface area contributed by atoms with Gasteiger partial charge >= 0.3 is 35.5 Å². The van der Waals surface area contributed by atoms with Crippen molar-refractivity contribution in [2.75, 3.05) is 32.8 Å². The van der Waals surface area contributed by atoms with Crippen LogP contribution in [0.25, 0.3) is 0 Å². The molecule has 7 heteroatoms. The number of carboxylic acid groups (broad SMARTS) is 2. The van der Waals surface area contributed by atoms with Gasteiger partial charge in [-0.25, -0.2) is 0 Å². The molecule has 2 N–H and O–H groups in total. The van der Waals surface area contributed by atoms with E-state index in [9.17, 15) is 24.9 Å². The summed E-state index contributed by atoms with van der Waals surface area (Å²) in [7, 11) is 0. The number of hydrogen-bond acceptors (Lipinski definition) is 4. The van der Waals surface area contributed by atoms with E-state index in [1.165, 1.54) is 0 Å². The number of carbonyl (C=O) groups is 2. The largest absolute Gasteiger partial charge is 1.00 e. The molecule has 0 saturated carbocycles. The number of quaternary nitrogens is 1. The summed E-state index contributed by atoms with van der Waals surface area (Å²) in [6.45, 7) is 6.81. The van der Waals surface area contributed by atoms with E-state index in [2.05, 4.69) is 19.1 Å². The molecule has 0 aliphatic rings. The summed E-state index contributed by atoms with van der Waals surface area (Å²) in [5, 5.41) is 29.8. The Morgan fingerprint density at radius 2 is 1.68 bits per heavy atom. The van der Waals surface area contributed by atoms with Gasteiger partial charge in [0.15, 0.2) is 0 Å². The van der Waals surface area contributed by atoms with Gasteiger partial charge in [-0.15, -0.1) is 0 Å². The molecule has 0 spiro atoms. The molecule has 25 heavy (non-hydrogen) atoms. The molecule has 140 valence electrons. The number of hydrogen-bond donors (Lipinski definition) is 2. The van der Waals surface area contributed by atoms with E-state index >= 15 is 0 Å². The molecule has 0 amide bonds. The summed E-state index contributed by atoms with van der Waals surface area (Å²) in [5.41, 5.74) is 0. The first-order valence-corrected chi connectivity index (χ1v) is 8.82. The number of nitrogens with zero attached hydrogens (tertiary/aromatic N) is 1. The Kier molecular flexibility index (Phi) is 15.8. The van der Waals surface area contributed by atoms with Crippen molar-refractivity contribution in [1.29, 1.82) is 0 Å². The average molecular weight is 366 g/mol. The summed E-state index contributed by atoms with van der Waals surface area (Å²) in [5.74, 6) is -3.31. The molecule has 0 aliphatic carbocycles. The molecule has 0 fully saturated rings. The standard InChI is InChI=1S/C18H33NO5.Na/c1-4-5-6-7-8-9-10-19(11-12-20,13-15(2)17(21)22)14-16(3)18(23)24;/h5-6,15-16,20H,4,7-14H2,1-3H3,(H-,21,22,23,24);/q;+1/b6-5+;. The van der Waals surface area contributed by atoms with Crippen LogP contribution in [0.4, 0.5) is 0 Å². The predicted octanol–water partition coefficient (Wildman–Crippen LogP) is -1.96.